The number of para-hydroxylation sites is 1. The van der Waals surface area contributed by atoms with Crippen LogP contribution in [-0.2, 0) is 20.0 Å². The molecular formula is C19H23NO5S. The monoisotopic (exact) mass is 377 g/mol. The highest BCUT2D eigenvalue weighted by molar-refractivity contribution is 7.90. The highest BCUT2D eigenvalue weighted by Crippen LogP contribution is 2.33. The summed E-state index contributed by atoms with van der Waals surface area (Å²) in [6.45, 7) is 1.56. The van der Waals surface area contributed by atoms with Crippen molar-refractivity contribution in [3.63, 3.8) is 0 Å². The molecule has 0 aliphatic carbocycles. The number of piperidine rings is 1. The molecule has 2 aromatic carbocycles. The largest absolute Gasteiger partial charge is 0.507 e. The standard InChI is InChI=1S/C12H15NO2.C7H8O3S/c14-11(15)12(6-8-13-9-7-12)10-4-2-1-3-5-10;1-11(9,10)7-5-3-2-4-6(7)8/h1-5,13H,6-9H2,(H,14,15);2-5,8H,1H3. The fourth-order valence-corrected chi connectivity index (χ4v) is 3.78. The minimum Gasteiger partial charge on any atom is -0.507 e. The first-order valence-electron chi connectivity index (χ1n) is 8.25. The van der Waals surface area contributed by atoms with Crippen LogP contribution in [0.2, 0.25) is 0 Å². The predicted octanol–water partition coefficient (Wildman–Crippen LogP) is 2.19. The normalized spacial score (nSPS) is 16.2. The number of carbonyl (C=O) groups is 1. The van der Waals surface area contributed by atoms with Crippen molar-refractivity contribution in [1.82, 2.24) is 5.32 Å². The van der Waals surface area contributed by atoms with Crippen LogP contribution in [0.5, 0.6) is 5.75 Å². The summed E-state index contributed by atoms with van der Waals surface area (Å²) >= 11 is 0. The number of benzene rings is 2. The lowest BCUT2D eigenvalue weighted by molar-refractivity contribution is -0.145. The molecule has 7 heteroatoms. The van der Waals surface area contributed by atoms with E-state index in [-0.39, 0.29) is 10.6 Å². The van der Waals surface area contributed by atoms with Crippen LogP contribution >= 0.6 is 0 Å². The van der Waals surface area contributed by atoms with Crippen LogP contribution in [0.1, 0.15) is 18.4 Å². The predicted molar refractivity (Wildman–Crippen MR) is 99.1 cm³/mol. The molecule has 1 aliphatic heterocycles. The van der Waals surface area contributed by atoms with E-state index in [1.54, 1.807) is 12.1 Å². The molecule has 0 bridgehead atoms. The van der Waals surface area contributed by atoms with E-state index in [1.165, 1.54) is 12.1 Å². The quantitative estimate of drug-likeness (QED) is 0.758. The molecule has 1 saturated heterocycles. The van der Waals surface area contributed by atoms with E-state index in [2.05, 4.69) is 5.32 Å². The van der Waals surface area contributed by atoms with Gasteiger partial charge in [0.1, 0.15) is 10.6 Å². The van der Waals surface area contributed by atoms with Crippen molar-refractivity contribution in [2.75, 3.05) is 19.3 Å². The number of aliphatic carboxylic acids is 1. The van der Waals surface area contributed by atoms with Crippen molar-refractivity contribution >= 4 is 15.8 Å². The summed E-state index contributed by atoms with van der Waals surface area (Å²) in [6, 6.07) is 15.4. The van der Waals surface area contributed by atoms with Gasteiger partial charge in [-0.3, -0.25) is 4.79 Å². The zero-order valence-electron chi connectivity index (χ0n) is 14.6. The molecule has 6 nitrogen and oxygen atoms in total. The van der Waals surface area contributed by atoms with Crippen LogP contribution < -0.4 is 5.32 Å². The van der Waals surface area contributed by atoms with Crippen LogP contribution in [0.15, 0.2) is 59.5 Å². The van der Waals surface area contributed by atoms with Gasteiger partial charge in [-0.15, -0.1) is 0 Å². The average molecular weight is 377 g/mol. The van der Waals surface area contributed by atoms with Gasteiger partial charge in [-0.2, -0.15) is 0 Å². The molecule has 2 aromatic rings. The minimum atomic E-state index is -3.28. The number of aromatic hydroxyl groups is 1. The Labute approximate surface area is 153 Å². The summed E-state index contributed by atoms with van der Waals surface area (Å²) in [5.74, 6) is -0.898. The molecule has 0 spiro atoms. The Hall–Kier alpha value is -2.38. The topological polar surface area (TPSA) is 104 Å². The first kappa shape index (κ1) is 19.9. The number of rotatable bonds is 3. The maximum Gasteiger partial charge on any atom is 0.314 e. The molecule has 0 atom stereocenters. The number of hydrogen-bond acceptors (Lipinski definition) is 5. The van der Waals surface area contributed by atoms with E-state index in [0.717, 1.165) is 24.9 Å². The van der Waals surface area contributed by atoms with E-state index in [1.807, 2.05) is 30.3 Å². The molecule has 0 radical (unpaired) electrons. The maximum absolute atomic E-state index is 11.4. The van der Waals surface area contributed by atoms with Gasteiger partial charge in [-0.1, -0.05) is 42.5 Å². The molecule has 0 amide bonds. The molecule has 0 unspecified atom stereocenters. The lowest BCUT2D eigenvalue weighted by Gasteiger charge is -2.34. The molecule has 0 aromatic heterocycles. The van der Waals surface area contributed by atoms with Gasteiger partial charge in [0.15, 0.2) is 9.84 Å². The fourth-order valence-electron chi connectivity index (χ4n) is 3.01. The van der Waals surface area contributed by atoms with Crippen molar-refractivity contribution in [3.8, 4) is 5.75 Å². The van der Waals surface area contributed by atoms with Gasteiger partial charge in [0.05, 0.1) is 5.41 Å². The third kappa shape index (κ3) is 4.62. The minimum absolute atomic E-state index is 0.0278. The Morgan fingerprint density at radius 2 is 1.54 bits per heavy atom. The van der Waals surface area contributed by atoms with Crippen LogP contribution in [0.3, 0.4) is 0 Å². The molecule has 1 aliphatic rings. The summed E-state index contributed by atoms with van der Waals surface area (Å²) < 4.78 is 21.8. The van der Waals surface area contributed by atoms with Gasteiger partial charge in [0, 0.05) is 6.26 Å². The van der Waals surface area contributed by atoms with Crippen molar-refractivity contribution in [2.24, 2.45) is 0 Å². The number of sulfone groups is 1. The number of phenols is 1. The Kier molecular flexibility index (Phi) is 6.39. The maximum atomic E-state index is 11.4. The fraction of sp³-hybridized carbons (Fsp3) is 0.316. The number of nitrogens with one attached hydrogen (secondary N) is 1. The second-order valence-electron chi connectivity index (χ2n) is 6.24. The summed E-state index contributed by atoms with van der Waals surface area (Å²) in [7, 11) is -3.28. The van der Waals surface area contributed by atoms with E-state index in [0.29, 0.717) is 12.8 Å². The average Bonchev–Trinajstić information content (AvgIpc) is 2.63. The molecule has 0 saturated carbocycles. The van der Waals surface area contributed by atoms with Gasteiger partial charge in [-0.05, 0) is 43.6 Å². The Bertz CT molecular complexity index is 843. The van der Waals surface area contributed by atoms with E-state index in [4.69, 9.17) is 5.11 Å². The summed E-state index contributed by atoms with van der Waals surface area (Å²) in [6.07, 6.45) is 2.40. The summed E-state index contributed by atoms with van der Waals surface area (Å²) in [5, 5.41) is 21.7. The summed E-state index contributed by atoms with van der Waals surface area (Å²) in [5.41, 5.74) is 0.256. The Balaban J connectivity index is 0.000000197. The summed E-state index contributed by atoms with van der Waals surface area (Å²) in [4.78, 5) is 11.4. The van der Waals surface area contributed by atoms with E-state index >= 15 is 0 Å². The van der Waals surface area contributed by atoms with Crippen molar-refractivity contribution in [2.45, 2.75) is 23.2 Å². The van der Waals surface area contributed by atoms with Gasteiger partial charge in [-0.25, -0.2) is 8.42 Å². The van der Waals surface area contributed by atoms with E-state index < -0.39 is 21.2 Å². The SMILES string of the molecule is CS(=O)(=O)c1ccccc1O.O=C(O)C1(c2ccccc2)CCNCC1. The zero-order chi connectivity index (χ0) is 19.2. The third-order valence-electron chi connectivity index (χ3n) is 4.46. The second kappa shape index (κ2) is 8.33. The smallest absolute Gasteiger partial charge is 0.314 e. The van der Waals surface area contributed by atoms with Crippen molar-refractivity contribution in [3.05, 3.63) is 60.2 Å². The molecule has 1 heterocycles. The Morgan fingerprint density at radius 3 is 2.00 bits per heavy atom. The lowest BCUT2D eigenvalue weighted by atomic mass is 9.73. The van der Waals surface area contributed by atoms with E-state index in [9.17, 15) is 18.3 Å². The number of phenolic OH excluding ortho intramolecular Hbond substituents is 1. The van der Waals surface area contributed by atoms with Crippen LogP contribution in [0.25, 0.3) is 0 Å². The molecule has 1 fully saturated rings. The highest BCUT2D eigenvalue weighted by Gasteiger charge is 2.40. The van der Waals surface area contributed by atoms with Crippen LogP contribution in [0, 0.1) is 0 Å². The highest BCUT2D eigenvalue weighted by atomic mass is 32.2. The molecule has 3 N–H and O–H groups in total. The van der Waals surface area contributed by atoms with Crippen molar-refractivity contribution < 1.29 is 23.4 Å². The first-order valence-corrected chi connectivity index (χ1v) is 10.1. The Morgan fingerprint density at radius 1 is 1.00 bits per heavy atom. The number of carboxylic acid groups (broad SMARTS) is 1. The van der Waals surface area contributed by atoms with Crippen LogP contribution in [0.4, 0.5) is 0 Å². The van der Waals surface area contributed by atoms with Gasteiger partial charge in [0.25, 0.3) is 0 Å². The third-order valence-corrected chi connectivity index (χ3v) is 5.60. The van der Waals surface area contributed by atoms with Crippen LogP contribution in [-0.4, -0.2) is 43.9 Å². The van der Waals surface area contributed by atoms with Gasteiger partial charge in [0.2, 0.25) is 0 Å². The second-order valence-corrected chi connectivity index (χ2v) is 8.23. The van der Waals surface area contributed by atoms with Gasteiger partial charge >= 0.3 is 5.97 Å². The molecule has 26 heavy (non-hydrogen) atoms. The van der Waals surface area contributed by atoms with Crippen molar-refractivity contribution in [1.29, 1.82) is 0 Å². The van der Waals surface area contributed by atoms with Gasteiger partial charge < -0.3 is 15.5 Å². The number of hydrogen-bond donors (Lipinski definition) is 3. The molecule has 140 valence electrons. The molecule has 3 rings (SSSR count). The first-order chi connectivity index (χ1) is 12.3. The zero-order valence-corrected chi connectivity index (χ0v) is 15.4. The molecular weight excluding hydrogens is 354 g/mol. The lowest BCUT2D eigenvalue weighted by Crippen LogP contribution is -2.45. The number of carboxylic acids is 1.